The van der Waals surface area contributed by atoms with E-state index in [1.165, 1.54) is 11.9 Å². The molecule has 0 spiro atoms. The number of hydrogen-bond acceptors (Lipinski definition) is 4. The van der Waals surface area contributed by atoms with Gasteiger partial charge >= 0.3 is 11.8 Å². The number of sulfone groups is 1. The van der Waals surface area contributed by atoms with Gasteiger partial charge in [0, 0.05) is 13.1 Å². The molecule has 6 nitrogen and oxygen atoms in total. The number of carbonyl (C=O) groups excluding carboxylic acids is 2. The Morgan fingerprint density at radius 3 is 2.57 bits per heavy atom. The molecule has 0 bridgehead atoms. The molecule has 0 aromatic heterocycles. The average molecular weight is 331 g/mol. The predicted molar refractivity (Wildman–Crippen MR) is 79.9 cm³/mol. The van der Waals surface area contributed by atoms with Gasteiger partial charge in [-0.15, -0.1) is 0 Å². The Morgan fingerprint density at radius 2 is 2.00 bits per heavy atom. The van der Waals surface area contributed by atoms with Crippen LogP contribution in [0.4, 0.5) is 5.69 Å². The minimum Gasteiger partial charge on any atom is -0.333 e. The molecular weight excluding hydrogens is 316 g/mol. The summed E-state index contributed by atoms with van der Waals surface area (Å²) in [5.74, 6) is -1.68. The number of likely N-dealkylation sites (N-methyl/N-ethyl adjacent to an activating group) is 1. The Hall–Kier alpha value is -1.60. The molecule has 1 aromatic carbocycles. The molecule has 1 N–H and O–H groups in total. The van der Waals surface area contributed by atoms with E-state index < -0.39 is 27.7 Å². The number of para-hydroxylation sites is 1. The van der Waals surface area contributed by atoms with Crippen molar-refractivity contribution in [1.82, 2.24) is 4.90 Å². The van der Waals surface area contributed by atoms with E-state index in [0.717, 1.165) is 0 Å². The van der Waals surface area contributed by atoms with E-state index in [4.69, 9.17) is 11.6 Å². The Morgan fingerprint density at radius 1 is 1.33 bits per heavy atom. The van der Waals surface area contributed by atoms with Crippen molar-refractivity contribution in [2.24, 2.45) is 0 Å². The van der Waals surface area contributed by atoms with Crippen molar-refractivity contribution in [3.05, 3.63) is 29.3 Å². The third-order valence-electron chi connectivity index (χ3n) is 3.39. The molecule has 8 heteroatoms. The van der Waals surface area contributed by atoms with Gasteiger partial charge in [-0.2, -0.15) is 0 Å². The van der Waals surface area contributed by atoms with Gasteiger partial charge < -0.3 is 10.2 Å². The van der Waals surface area contributed by atoms with Crippen LogP contribution in [-0.2, 0) is 19.4 Å². The first-order chi connectivity index (χ1) is 9.80. The molecular formula is C13H15ClN2O4S. The van der Waals surface area contributed by atoms with Crippen molar-refractivity contribution in [2.45, 2.75) is 12.5 Å². The predicted octanol–water partition coefficient (Wildman–Crippen LogP) is 0.924. The molecule has 1 heterocycles. The van der Waals surface area contributed by atoms with E-state index >= 15 is 0 Å². The van der Waals surface area contributed by atoms with Crippen LogP contribution in [0.1, 0.15) is 6.42 Å². The molecule has 0 aliphatic carbocycles. The van der Waals surface area contributed by atoms with Crippen molar-refractivity contribution in [3.8, 4) is 0 Å². The molecule has 0 saturated carbocycles. The lowest BCUT2D eigenvalue weighted by Gasteiger charge is -2.22. The van der Waals surface area contributed by atoms with Gasteiger partial charge in [0.05, 0.1) is 22.2 Å². The minimum atomic E-state index is -3.11. The molecule has 1 atom stereocenters. The lowest BCUT2D eigenvalue weighted by atomic mass is 10.2. The summed E-state index contributed by atoms with van der Waals surface area (Å²) in [6.45, 7) is 0. The third kappa shape index (κ3) is 3.74. The fourth-order valence-electron chi connectivity index (χ4n) is 2.15. The molecule has 1 aromatic rings. The van der Waals surface area contributed by atoms with E-state index in [2.05, 4.69) is 5.32 Å². The van der Waals surface area contributed by atoms with Crippen LogP contribution in [0.2, 0.25) is 5.02 Å². The van der Waals surface area contributed by atoms with Crippen LogP contribution in [0.15, 0.2) is 24.3 Å². The quantitative estimate of drug-likeness (QED) is 0.817. The summed E-state index contributed by atoms with van der Waals surface area (Å²) in [4.78, 5) is 25.1. The zero-order valence-electron chi connectivity index (χ0n) is 11.4. The molecule has 1 aliphatic heterocycles. The summed E-state index contributed by atoms with van der Waals surface area (Å²) in [6.07, 6.45) is 0.351. The molecule has 114 valence electrons. The van der Waals surface area contributed by atoms with E-state index in [9.17, 15) is 18.0 Å². The van der Waals surface area contributed by atoms with Crippen molar-refractivity contribution >= 4 is 38.9 Å². The second-order valence-corrected chi connectivity index (χ2v) is 7.54. The first kappa shape index (κ1) is 15.8. The maximum Gasteiger partial charge on any atom is 0.313 e. The summed E-state index contributed by atoms with van der Waals surface area (Å²) in [5, 5.41) is 2.75. The average Bonchev–Trinajstić information content (AvgIpc) is 2.80. The number of hydrogen-bond donors (Lipinski definition) is 1. The zero-order valence-corrected chi connectivity index (χ0v) is 12.9. The Bertz CT molecular complexity index is 675. The van der Waals surface area contributed by atoms with Gasteiger partial charge in [-0.25, -0.2) is 8.42 Å². The molecule has 1 saturated heterocycles. The number of nitrogens with one attached hydrogen (secondary N) is 1. The van der Waals surface area contributed by atoms with Crippen LogP contribution in [0.5, 0.6) is 0 Å². The van der Waals surface area contributed by atoms with E-state index in [-0.39, 0.29) is 11.5 Å². The van der Waals surface area contributed by atoms with Gasteiger partial charge in [-0.3, -0.25) is 9.59 Å². The summed E-state index contributed by atoms with van der Waals surface area (Å²) in [6, 6.07) is 6.09. The van der Waals surface area contributed by atoms with E-state index in [0.29, 0.717) is 17.1 Å². The highest BCUT2D eigenvalue weighted by atomic mass is 35.5. The van der Waals surface area contributed by atoms with Crippen molar-refractivity contribution < 1.29 is 18.0 Å². The van der Waals surface area contributed by atoms with Crippen molar-refractivity contribution in [1.29, 1.82) is 0 Å². The minimum absolute atomic E-state index is 0.0431. The highest BCUT2D eigenvalue weighted by Gasteiger charge is 2.34. The second kappa shape index (κ2) is 6.03. The van der Waals surface area contributed by atoms with Gasteiger partial charge in [-0.05, 0) is 18.6 Å². The topological polar surface area (TPSA) is 83.6 Å². The second-order valence-electron chi connectivity index (χ2n) is 4.91. The summed E-state index contributed by atoms with van der Waals surface area (Å²) >= 11 is 5.90. The molecule has 1 aliphatic rings. The Labute approximate surface area is 128 Å². The Balaban J connectivity index is 2.03. The largest absolute Gasteiger partial charge is 0.333 e. The number of amides is 2. The Kier molecular flexibility index (Phi) is 4.53. The van der Waals surface area contributed by atoms with Crippen molar-refractivity contribution in [2.75, 3.05) is 23.9 Å². The lowest BCUT2D eigenvalue weighted by Crippen LogP contribution is -2.43. The van der Waals surface area contributed by atoms with Gasteiger partial charge in [0.1, 0.15) is 0 Å². The summed E-state index contributed by atoms with van der Waals surface area (Å²) in [7, 11) is -1.68. The first-order valence-corrected chi connectivity index (χ1v) is 8.53. The van der Waals surface area contributed by atoms with Crippen molar-refractivity contribution in [3.63, 3.8) is 0 Å². The van der Waals surface area contributed by atoms with Crippen LogP contribution >= 0.6 is 11.6 Å². The highest BCUT2D eigenvalue weighted by molar-refractivity contribution is 7.91. The number of carbonyl (C=O) groups is 2. The number of anilines is 1. The number of benzene rings is 1. The zero-order chi connectivity index (χ0) is 15.6. The van der Waals surface area contributed by atoms with Gasteiger partial charge in [0.2, 0.25) is 0 Å². The smallest absolute Gasteiger partial charge is 0.313 e. The number of rotatable bonds is 2. The maximum absolute atomic E-state index is 12.0. The third-order valence-corrected chi connectivity index (χ3v) is 5.47. The SMILES string of the molecule is CN(C(=O)C(=O)Nc1ccccc1Cl)C1CCS(=O)(=O)C1. The number of halogens is 1. The number of nitrogens with zero attached hydrogens (tertiary/aromatic N) is 1. The molecule has 2 rings (SSSR count). The van der Waals surface area contributed by atoms with E-state index in [1.807, 2.05) is 0 Å². The molecule has 1 fully saturated rings. The molecule has 21 heavy (non-hydrogen) atoms. The monoisotopic (exact) mass is 330 g/mol. The maximum atomic E-state index is 12.0. The van der Waals surface area contributed by atoms with Crippen LogP contribution in [0.25, 0.3) is 0 Å². The summed E-state index contributed by atoms with van der Waals surface area (Å²) < 4.78 is 22.8. The first-order valence-electron chi connectivity index (χ1n) is 6.33. The van der Waals surface area contributed by atoms with Crippen LogP contribution in [-0.4, -0.2) is 49.7 Å². The summed E-state index contributed by atoms with van der Waals surface area (Å²) in [5.41, 5.74) is 0.338. The fraction of sp³-hybridized carbons (Fsp3) is 0.385. The standard InChI is InChI=1S/C13H15ClN2O4S/c1-16(9-6-7-21(19,20)8-9)13(18)12(17)15-11-5-3-2-4-10(11)14/h2-5,9H,6-8H2,1H3,(H,15,17). The van der Waals surface area contributed by atoms with Crippen LogP contribution in [0, 0.1) is 0 Å². The molecule has 2 amide bonds. The van der Waals surface area contributed by atoms with Gasteiger partial charge in [0.15, 0.2) is 9.84 Å². The highest BCUT2D eigenvalue weighted by Crippen LogP contribution is 2.21. The molecule has 0 radical (unpaired) electrons. The lowest BCUT2D eigenvalue weighted by molar-refractivity contribution is -0.143. The van der Waals surface area contributed by atoms with Gasteiger partial charge in [-0.1, -0.05) is 23.7 Å². The van der Waals surface area contributed by atoms with Crippen LogP contribution < -0.4 is 5.32 Å². The molecule has 1 unspecified atom stereocenters. The van der Waals surface area contributed by atoms with Crippen LogP contribution in [0.3, 0.4) is 0 Å². The van der Waals surface area contributed by atoms with E-state index in [1.54, 1.807) is 24.3 Å². The van der Waals surface area contributed by atoms with Gasteiger partial charge in [0.25, 0.3) is 0 Å². The fourth-order valence-corrected chi connectivity index (χ4v) is 4.10. The normalized spacial score (nSPS) is 20.0.